The fraction of sp³-hybridized carbons (Fsp3) is 0.462. The van der Waals surface area contributed by atoms with Crippen LogP contribution in [0, 0.1) is 5.82 Å². The molecule has 0 bridgehead atoms. The topological polar surface area (TPSA) is 32.8 Å². The van der Waals surface area contributed by atoms with Crippen molar-refractivity contribution >= 4 is 11.8 Å². The van der Waals surface area contributed by atoms with Gasteiger partial charge in [-0.05, 0) is 25.1 Å². The van der Waals surface area contributed by atoms with Crippen LogP contribution in [-0.4, -0.2) is 43.8 Å². The van der Waals surface area contributed by atoms with Crippen LogP contribution in [0.15, 0.2) is 24.3 Å². The van der Waals surface area contributed by atoms with Gasteiger partial charge in [0.05, 0.1) is 6.61 Å². The Morgan fingerprint density at radius 3 is 2.67 bits per heavy atom. The number of rotatable bonds is 2. The predicted octanol–water partition coefficient (Wildman–Crippen LogP) is 2.10. The third-order valence-electron chi connectivity index (χ3n) is 2.98. The molecule has 2 rings (SSSR count). The van der Waals surface area contributed by atoms with Crippen molar-refractivity contribution in [3.63, 3.8) is 0 Å². The van der Waals surface area contributed by atoms with Gasteiger partial charge in [-0.25, -0.2) is 9.18 Å². The van der Waals surface area contributed by atoms with Gasteiger partial charge >= 0.3 is 6.09 Å². The van der Waals surface area contributed by atoms with E-state index in [-0.39, 0.29) is 11.9 Å². The lowest BCUT2D eigenvalue weighted by molar-refractivity contribution is 0.105. The molecule has 1 aliphatic rings. The van der Waals surface area contributed by atoms with E-state index >= 15 is 0 Å². The van der Waals surface area contributed by atoms with Gasteiger partial charge in [-0.3, -0.25) is 0 Å². The van der Waals surface area contributed by atoms with Crippen molar-refractivity contribution in [3.05, 3.63) is 30.1 Å². The van der Waals surface area contributed by atoms with Gasteiger partial charge in [0.1, 0.15) is 5.82 Å². The number of anilines is 1. The Kier molecular flexibility index (Phi) is 4.02. The number of hydrogen-bond donors (Lipinski definition) is 0. The minimum absolute atomic E-state index is 0.236. The number of ether oxygens (including phenoxy) is 1. The minimum atomic E-state index is -0.267. The molecule has 1 heterocycles. The number of hydrogen-bond acceptors (Lipinski definition) is 3. The molecule has 5 heteroatoms. The zero-order valence-corrected chi connectivity index (χ0v) is 10.4. The van der Waals surface area contributed by atoms with Gasteiger partial charge < -0.3 is 14.5 Å². The third-order valence-corrected chi connectivity index (χ3v) is 2.98. The highest BCUT2D eigenvalue weighted by Crippen LogP contribution is 2.17. The standard InChI is InChI=1S/C13H17FN2O2/c1-2-18-13(17)16-8-6-15(7-9-16)12-5-3-4-11(14)10-12/h3-5,10H,2,6-9H2,1H3. The largest absolute Gasteiger partial charge is 0.450 e. The Hall–Kier alpha value is -1.78. The molecule has 0 aliphatic carbocycles. The van der Waals surface area contributed by atoms with E-state index in [1.54, 1.807) is 17.9 Å². The van der Waals surface area contributed by atoms with Crippen molar-refractivity contribution in [1.29, 1.82) is 0 Å². The molecule has 1 saturated heterocycles. The first kappa shape index (κ1) is 12.7. The number of carbonyl (C=O) groups is 1. The van der Waals surface area contributed by atoms with Crippen LogP contribution in [0.25, 0.3) is 0 Å². The summed E-state index contributed by atoms with van der Waals surface area (Å²) in [5.74, 6) is -0.236. The molecule has 18 heavy (non-hydrogen) atoms. The molecule has 1 aromatic carbocycles. The second-order valence-corrected chi connectivity index (χ2v) is 4.15. The Bertz CT molecular complexity index is 417. The first-order valence-electron chi connectivity index (χ1n) is 6.13. The van der Waals surface area contributed by atoms with Gasteiger partial charge in [-0.2, -0.15) is 0 Å². The Balaban J connectivity index is 1.92. The zero-order valence-electron chi connectivity index (χ0n) is 10.4. The van der Waals surface area contributed by atoms with Crippen LogP contribution < -0.4 is 4.90 Å². The van der Waals surface area contributed by atoms with Crippen LogP contribution in [0.4, 0.5) is 14.9 Å². The van der Waals surface area contributed by atoms with Gasteiger partial charge in [0, 0.05) is 31.9 Å². The Morgan fingerprint density at radius 2 is 2.06 bits per heavy atom. The quantitative estimate of drug-likeness (QED) is 0.808. The summed E-state index contributed by atoms with van der Waals surface area (Å²) in [6, 6.07) is 6.52. The molecule has 1 fully saturated rings. The molecule has 1 amide bonds. The van der Waals surface area contributed by atoms with Crippen LogP contribution in [-0.2, 0) is 4.74 Å². The van der Waals surface area contributed by atoms with Gasteiger partial charge in [0.15, 0.2) is 0 Å². The average Bonchev–Trinajstić information content (AvgIpc) is 2.39. The maximum atomic E-state index is 13.1. The van der Waals surface area contributed by atoms with E-state index in [4.69, 9.17) is 4.74 Å². The number of halogens is 1. The molecule has 0 N–H and O–H groups in total. The van der Waals surface area contributed by atoms with Gasteiger partial charge in [0.2, 0.25) is 0 Å². The summed E-state index contributed by atoms with van der Waals surface area (Å²) < 4.78 is 18.1. The molecule has 0 saturated carbocycles. The fourth-order valence-electron chi connectivity index (χ4n) is 2.03. The van der Waals surface area contributed by atoms with Crippen molar-refractivity contribution in [2.75, 3.05) is 37.7 Å². The number of amides is 1. The summed E-state index contributed by atoms with van der Waals surface area (Å²) in [6.45, 7) is 4.79. The smallest absolute Gasteiger partial charge is 0.409 e. The van der Waals surface area contributed by atoms with E-state index in [9.17, 15) is 9.18 Å². The molecular formula is C13H17FN2O2. The van der Waals surface area contributed by atoms with Crippen molar-refractivity contribution in [2.45, 2.75) is 6.92 Å². The van der Waals surface area contributed by atoms with Crippen molar-refractivity contribution in [2.24, 2.45) is 0 Å². The van der Waals surface area contributed by atoms with Crippen LogP contribution in [0.1, 0.15) is 6.92 Å². The average molecular weight is 252 g/mol. The van der Waals surface area contributed by atoms with E-state index in [2.05, 4.69) is 4.90 Å². The normalized spacial score (nSPS) is 15.7. The van der Waals surface area contributed by atoms with E-state index in [0.29, 0.717) is 32.8 Å². The summed E-state index contributed by atoms with van der Waals surface area (Å²) in [7, 11) is 0. The van der Waals surface area contributed by atoms with Crippen molar-refractivity contribution < 1.29 is 13.9 Å². The molecule has 0 spiro atoms. The number of piperazine rings is 1. The highest BCUT2D eigenvalue weighted by atomic mass is 19.1. The SMILES string of the molecule is CCOC(=O)N1CCN(c2cccc(F)c2)CC1. The summed E-state index contributed by atoms with van der Waals surface area (Å²) in [6.07, 6.45) is -0.267. The lowest BCUT2D eigenvalue weighted by Crippen LogP contribution is -2.49. The van der Waals surface area contributed by atoms with Crippen molar-refractivity contribution in [3.8, 4) is 0 Å². The summed E-state index contributed by atoms with van der Waals surface area (Å²) in [4.78, 5) is 15.3. The number of benzene rings is 1. The van der Waals surface area contributed by atoms with Gasteiger partial charge in [-0.1, -0.05) is 6.07 Å². The number of carbonyl (C=O) groups excluding carboxylic acids is 1. The highest BCUT2D eigenvalue weighted by molar-refractivity contribution is 5.68. The first-order valence-corrected chi connectivity index (χ1v) is 6.13. The molecule has 0 aromatic heterocycles. The molecular weight excluding hydrogens is 235 g/mol. The Morgan fingerprint density at radius 1 is 1.33 bits per heavy atom. The molecule has 1 aromatic rings. The lowest BCUT2D eigenvalue weighted by Gasteiger charge is -2.35. The Labute approximate surface area is 106 Å². The second kappa shape index (κ2) is 5.71. The number of nitrogens with zero attached hydrogens (tertiary/aromatic N) is 2. The minimum Gasteiger partial charge on any atom is -0.450 e. The van der Waals surface area contributed by atoms with Crippen molar-refractivity contribution in [1.82, 2.24) is 4.90 Å². The molecule has 0 atom stereocenters. The van der Waals surface area contributed by atoms with E-state index in [1.165, 1.54) is 12.1 Å². The lowest BCUT2D eigenvalue weighted by atomic mass is 10.2. The molecule has 98 valence electrons. The molecule has 0 radical (unpaired) electrons. The van der Waals surface area contributed by atoms with E-state index < -0.39 is 0 Å². The fourth-order valence-corrected chi connectivity index (χ4v) is 2.03. The predicted molar refractivity (Wildman–Crippen MR) is 67.2 cm³/mol. The van der Waals surface area contributed by atoms with Crippen LogP contribution in [0.5, 0.6) is 0 Å². The monoisotopic (exact) mass is 252 g/mol. The molecule has 0 unspecified atom stereocenters. The van der Waals surface area contributed by atoms with E-state index in [0.717, 1.165) is 5.69 Å². The highest BCUT2D eigenvalue weighted by Gasteiger charge is 2.21. The maximum absolute atomic E-state index is 13.1. The van der Waals surface area contributed by atoms with Crippen LogP contribution in [0.2, 0.25) is 0 Å². The van der Waals surface area contributed by atoms with Gasteiger partial charge in [-0.15, -0.1) is 0 Å². The van der Waals surface area contributed by atoms with Gasteiger partial charge in [0.25, 0.3) is 0 Å². The van der Waals surface area contributed by atoms with Crippen LogP contribution >= 0.6 is 0 Å². The second-order valence-electron chi connectivity index (χ2n) is 4.15. The summed E-state index contributed by atoms with van der Waals surface area (Å²) in [5, 5.41) is 0. The summed E-state index contributed by atoms with van der Waals surface area (Å²) in [5.41, 5.74) is 0.860. The zero-order chi connectivity index (χ0) is 13.0. The van der Waals surface area contributed by atoms with E-state index in [1.807, 2.05) is 6.07 Å². The van der Waals surface area contributed by atoms with Crippen LogP contribution in [0.3, 0.4) is 0 Å². The summed E-state index contributed by atoms with van der Waals surface area (Å²) >= 11 is 0. The third kappa shape index (κ3) is 2.91. The first-order chi connectivity index (χ1) is 8.70. The molecule has 1 aliphatic heterocycles. The maximum Gasteiger partial charge on any atom is 0.409 e. The molecule has 4 nitrogen and oxygen atoms in total.